The zero-order valence-corrected chi connectivity index (χ0v) is 28.6. The molecule has 0 aromatic heterocycles. The molecule has 0 radical (unpaired) electrons. The predicted molar refractivity (Wildman–Crippen MR) is 169 cm³/mol. The number of hydrogen-bond donors (Lipinski definition) is 11. The Balaban J connectivity index is 1.64. The van der Waals surface area contributed by atoms with Crippen LogP contribution in [0.1, 0.15) is 68.8 Å². The lowest BCUT2D eigenvalue weighted by molar-refractivity contribution is -0.245. The van der Waals surface area contributed by atoms with E-state index in [0.29, 0.717) is 0 Å². The third kappa shape index (κ3) is 6.50. The third-order valence-electron chi connectivity index (χ3n) is 9.20. The highest BCUT2D eigenvalue weighted by molar-refractivity contribution is 7.72. The largest absolute Gasteiger partial charge is 0.507 e. The Morgan fingerprint density at radius 2 is 1.71 bits per heavy atom. The molecule has 0 saturated carbocycles. The van der Waals surface area contributed by atoms with Crippen LogP contribution in [-0.2, 0) is 29.9 Å². The molecule has 0 unspecified atom stereocenters. The van der Waals surface area contributed by atoms with E-state index in [1.165, 1.54) is 32.2 Å². The molecule has 280 valence electrons. The molecular formula is C29H36N2O18P2. The van der Waals surface area contributed by atoms with Crippen molar-refractivity contribution in [1.29, 1.82) is 0 Å². The van der Waals surface area contributed by atoms with Crippen molar-refractivity contribution in [3.05, 3.63) is 51.6 Å². The van der Waals surface area contributed by atoms with E-state index in [2.05, 4.69) is 9.99 Å². The summed E-state index contributed by atoms with van der Waals surface area (Å²) in [4.78, 5) is 70.0. The van der Waals surface area contributed by atoms with Crippen LogP contribution in [0.25, 0.3) is 0 Å². The van der Waals surface area contributed by atoms with Gasteiger partial charge in [-0.1, -0.05) is 17.3 Å². The Morgan fingerprint density at radius 1 is 1.08 bits per heavy atom. The van der Waals surface area contributed by atoms with Crippen LogP contribution in [0.5, 0.6) is 17.2 Å². The van der Waals surface area contributed by atoms with Crippen molar-refractivity contribution in [2.24, 2.45) is 10.9 Å². The van der Waals surface area contributed by atoms with E-state index in [1.807, 2.05) is 0 Å². The number of benzene rings is 2. The smallest absolute Gasteiger partial charge is 0.373 e. The summed E-state index contributed by atoms with van der Waals surface area (Å²) in [6, 6.07) is 3.25. The SMILES string of the molecule is COc1cccc2c1C(=O)c1c(O)c3c(c(O)c1C2=O)C[C@@](O)(/C(CO)=N/OCC(O)(P(=O)(O)O)P(=O)(O)O)C[C@@H]3O[C@H]1C[C@H](N)[C@H](O)[C@H](C)O1. The number of rotatable bonds is 10. The number of fused-ring (bicyclic) bond motifs is 3. The topological polar surface area (TPSA) is 346 Å². The average Bonchev–Trinajstić information content (AvgIpc) is 3.04. The molecule has 1 aliphatic heterocycles. The number of aliphatic hydroxyl groups is 4. The number of hydrogen-bond acceptors (Lipinski definition) is 16. The van der Waals surface area contributed by atoms with Crippen LogP contribution in [-0.4, -0.2) is 123 Å². The lowest BCUT2D eigenvalue weighted by atomic mass is 9.71. The third-order valence-corrected chi connectivity index (χ3v) is 12.9. The highest BCUT2D eigenvalue weighted by Gasteiger charge is 2.61. The molecule has 51 heavy (non-hydrogen) atoms. The van der Waals surface area contributed by atoms with Gasteiger partial charge in [-0.2, -0.15) is 0 Å². The molecule has 2 aromatic carbocycles. The fourth-order valence-corrected chi connectivity index (χ4v) is 8.22. The summed E-state index contributed by atoms with van der Waals surface area (Å²) in [6.07, 6.45) is -6.46. The minimum atomic E-state index is -6.00. The van der Waals surface area contributed by atoms with E-state index in [9.17, 15) is 68.9 Å². The molecule has 0 bridgehead atoms. The molecule has 3 aliphatic rings. The average molecular weight is 763 g/mol. The van der Waals surface area contributed by atoms with Gasteiger partial charge >= 0.3 is 20.3 Å². The van der Waals surface area contributed by atoms with Crippen molar-refractivity contribution in [3.63, 3.8) is 0 Å². The fourth-order valence-electron chi connectivity index (χ4n) is 6.41. The number of phenolic OH excluding ortho intramolecular Hbond substituents is 2. The van der Waals surface area contributed by atoms with E-state index in [1.54, 1.807) is 0 Å². The molecule has 2 aromatic rings. The second kappa shape index (κ2) is 13.6. The van der Waals surface area contributed by atoms with Crippen molar-refractivity contribution in [1.82, 2.24) is 0 Å². The van der Waals surface area contributed by atoms with Crippen LogP contribution in [0.3, 0.4) is 0 Å². The number of carbonyl (C=O) groups excluding carboxylic acids is 2. The van der Waals surface area contributed by atoms with Crippen LogP contribution in [0.4, 0.5) is 0 Å². The first-order valence-electron chi connectivity index (χ1n) is 15.1. The minimum Gasteiger partial charge on any atom is -0.507 e. The molecule has 22 heteroatoms. The van der Waals surface area contributed by atoms with Crippen molar-refractivity contribution in [2.75, 3.05) is 20.3 Å². The summed E-state index contributed by atoms with van der Waals surface area (Å²) in [5, 5.41) is 65.3. The first-order valence-corrected chi connectivity index (χ1v) is 18.3. The van der Waals surface area contributed by atoms with Crippen molar-refractivity contribution in [3.8, 4) is 17.2 Å². The van der Waals surface area contributed by atoms with E-state index < -0.39 is 122 Å². The number of ether oxygens (including phenoxy) is 3. The van der Waals surface area contributed by atoms with Crippen molar-refractivity contribution in [2.45, 2.75) is 67.5 Å². The first kappa shape index (κ1) is 38.9. The monoisotopic (exact) mass is 762 g/mol. The zero-order chi connectivity index (χ0) is 38.0. The molecule has 20 nitrogen and oxygen atoms in total. The molecule has 5 rings (SSSR count). The maximum absolute atomic E-state index is 13.9. The number of aliphatic hydroxyl groups excluding tert-OH is 2. The molecule has 6 atom stereocenters. The Kier molecular flexibility index (Phi) is 10.4. The number of oxime groups is 1. The van der Waals surface area contributed by atoms with Crippen molar-refractivity contribution >= 4 is 32.5 Å². The van der Waals surface area contributed by atoms with Gasteiger partial charge in [-0.15, -0.1) is 0 Å². The zero-order valence-electron chi connectivity index (χ0n) is 26.8. The van der Waals surface area contributed by atoms with E-state index >= 15 is 0 Å². The number of aromatic hydroxyl groups is 2. The molecule has 1 fully saturated rings. The lowest BCUT2D eigenvalue weighted by Gasteiger charge is -2.42. The molecule has 1 heterocycles. The number of ketones is 2. The van der Waals surface area contributed by atoms with Crippen LogP contribution in [0, 0.1) is 0 Å². The van der Waals surface area contributed by atoms with Gasteiger partial charge in [0.1, 0.15) is 28.6 Å². The minimum absolute atomic E-state index is 0.000576. The summed E-state index contributed by atoms with van der Waals surface area (Å²) < 4.78 is 40.6. The van der Waals surface area contributed by atoms with Gasteiger partial charge in [0.05, 0.1) is 48.7 Å². The van der Waals surface area contributed by atoms with Crippen LogP contribution in [0.2, 0.25) is 0 Å². The summed E-state index contributed by atoms with van der Waals surface area (Å²) >= 11 is 0. The lowest BCUT2D eigenvalue weighted by Crippen LogP contribution is -2.53. The van der Waals surface area contributed by atoms with E-state index in [-0.39, 0.29) is 34.4 Å². The van der Waals surface area contributed by atoms with Gasteiger partial charge in [0, 0.05) is 42.0 Å². The fraction of sp³-hybridized carbons (Fsp3) is 0.483. The van der Waals surface area contributed by atoms with E-state index in [4.69, 9.17) is 19.9 Å². The number of phenols is 2. The van der Waals surface area contributed by atoms with Gasteiger partial charge in [-0.25, -0.2) is 0 Å². The molecule has 2 aliphatic carbocycles. The highest BCUT2D eigenvalue weighted by atomic mass is 31.2. The van der Waals surface area contributed by atoms with Gasteiger partial charge in [0.2, 0.25) is 5.78 Å². The van der Waals surface area contributed by atoms with Crippen LogP contribution >= 0.6 is 15.2 Å². The van der Waals surface area contributed by atoms with Gasteiger partial charge in [-0.05, 0) is 13.0 Å². The van der Waals surface area contributed by atoms with Crippen LogP contribution in [0.15, 0.2) is 23.4 Å². The molecule has 1 saturated heterocycles. The summed E-state index contributed by atoms with van der Waals surface area (Å²) in [5.74, 6) is -3.50. The second-order valence-electron chi connectivity index (χ2n) is 12.4. The Labute approximate surface area is 288 Å². The maximum atomic E-state index is 13.9. The standard InChI is InChI=1S/C29H36N2O18P2/c1-11-23(33)14(30)6-18(48-11)49-16-8-28(38,17(9-32)31-47-10-29(39,50(40,41)42)51(43,44)45)7-13-20(16)27(37)22-21(25(13)35)24(34)12-4-3-5-15(46-2)19(12)26(22)36/h3-5,11,14,16,18,23,32-33,35,37-39H,6-10,30H2,1-2H3,(H2,40,41,42)(H2,43,44,45)/b31-17+/t11-,14-,16-,18-,23+,28-/m0/s1. The maximum Gasteiger partial charge on any atom is 0.373 e. The molecular weight excluding hydrogens is 726 g/mol. The van der Waals surface area contributed by atoms with Gasteiger partial charge in [0.25, 0.3) is 0 Å². The highest BCUT2D eigenvalue weighted by Crippen LogP contribution is 2.67. The summed E-state index contributed by atoms with van der Waals surface area (Å²) in [7, 11) is -10.7. The van der Waals surface area contributed by atoms with Gasteiger partial charge in [0.15, 0.2) is 18.7 Å². The molecule has 12 N–H and O–H groups in total. The number of methoxy groups -OCH3 is 1. The van der Waals surface area contributed by atoms with Gasteiger partial charge in [-0.3, -0.25) is 18.7 Å². The van der Waals surface area contributed by atoms with E-state index in [0.717, 1.165) is 0 Å². The Bertz CT molecular complexity index is 1860. The predicted octanol–water partition coefficient (Wildman–Crippen LogP) is -1.19. The normalized spacial score (nSPS) is 27.0. The Morgan fingerprint density at radius 3 is 2.27 bits per heavy atom. The number of nitrogens with zero attached hydrogens (tertiary/aromatic N) is 1. The second-order valence-corrected chi connectivity index (χ2v) is 16.4. The molecule has 0 amide bonds. The quantitative estimate of drug-likeness (QED) is 0.0500. The summed E-state index contributed by atoms with van der Waals surface area (Å²) in [5.41, 5.74) is 0.461. The Hall–Kier alpha value is -3.33. The molecule has 0 spiro atoms. The number of carbonyl (C=O) groups is 2. The van der Waals surface area contributed by atoms with Gasteiger partial charge < -0.3 is 75.0 Å². The first-order chi connectivity index (χ1) is 23.6. The number of nitrogens with two attached hydrogens (primary N) is 1. The summed E-state index contributed by atoms with van der Waals surface area (Å²) in [6.45, 7) is -1.55. The van der Waals surface area contributed by atoms with Crippen molar-refractivity contribution < 1.29 is 88.0 Å². The van der Waals surface area contributed by atoms with Crippen LogP contribution < -0.4 is 10.5 Å².